The first kappa shape index (κ1) is 10.5. The van der Waals surface area contributed by atoms with Crippen molar-refractivity contribution < 1.29 is 14.7 Å². The van der Waals surface area contributed by atoms with E-state index in [1.54, 1.807) is 0 Å². The molecule has 0 spiro atoms. The summed E-state index contributed by atoms with van der Waals surface area (Å²) in [7, 11) is 6.71. The molecular weight excluding hydrogens is 236 g/mol. The number of carboxylic acids is 1. The summed E-state index contributed by atoms with van der Waals surface area (Å²) in [5.74, 6) is -1.73. The van der Waals surface area contributed by atoms with E-state index in [1.807, 2.05) is 18.2 Å². The molecule has 0 saturated carbocycles. The number of carbonyl (C=O) groups is 2. The number of halogens is 1. The fourth-order valence-corrected chi connectivity index (χ4v) is 2.89. The topological polar surface area (TPSA) is 54.4 Å². The molecule has 0 unspecified atom stereocenters. The zero-order valence-corrected chi connectivity index (χ0v) is 9.14. The molecule has 0 amide bonds. The second-order valence-electron chi connectivity index (χ2n) is 3.31. The van der Waals surface area contributed by atoms with Gasteiger partial charge in [0.15, 0.2) is 5.78 Å². The predicted molar refractivity (Wildman–Crippen MR) is 57.3 cm³/mol. The van der Waals surface area contributed by atoms with E-state index in [4.69, 9.17) is 15.8 Å². The Morgan fingerprint density at radius 2 is 2.00 bits per heavy atom. The SMILES string of the molecule is O=C(O)CC(=O)C1c2cccc1c2SCl. The first-order chi connectivity index (χ1) is 7.15. The van der Waals surface area contributed by atoms with Gasteiger partial charge in [-0.05, 0) is 32.8 Å². The maximum absolute atomic E-state index is 11.6. The van der Waals surface area contributed by atoms with Gasteiger partial charge in [-0.3, -0.25) is 9.59 Å². The number of hydrogen-bond acceptors (Lipinski definition) is 3. The fraction of sp³-hybridized carbons (Fsp3) is 0.200. The quantitative estimate of drug-likeness (QED) is 0.824. The van der Waals surface area contributed by atoms with Gasteiger partial charge in [0.1, 0.15) is 6.42 Å². The molecule has 0 fully saturated rings. The van der Waals surface area contributed by atoms with E-state index in [9.17, 15) is 9.59 Å². The van der Waals surface area contributed by atoms with Crippen LogP contribution in [0.3, 0.4) is 0 Å². The number of benzene rings is 1. The number of carboxylic acid groups (broad SMARTS) is 1. The number of rotatable bonds is 4. The molecule has 0 atom stereocenters. The molecule has 1 aromatic carbocycles. The van der Waals surface area contributed by atoms with Crippen molar-refractivity contribution in [3.8, 4) is 0 Å². The third-order valence-electron chi connectivity index (χ3n) is 2.42. The highest BCUT2D eigenvalue weighted by Crippen LogP contribution is 2.48. The highest BCUT2D eigenvalue weighted by Gasteiger charge is 2.36. The van der Waals surface area contributed by atoms with Crippen LogP contribution in [-0.4, -0.2) is 16.9 Å². The number of fused-ring (bicyclic) bond motifs is 2. The van der Waals surface area contributed by atoms with Gasteiger partial charge in [-0.15, -0.1) is 0 Å². The standard InChI is InChI=1S/C10H7ClO3S/c11-15-10-5-2-1-3-6(10)9(5)7(12)4-8(13)14/h1-3,9H,4H2,(H,13,14). The summed E-state index contributed by atoms with van der Waals surface area (Å²) in [5.41, 5.74) is 1.69. The first-order valence-electron chi connectivity index (χ1n) is 4.31. The molecular formula is C10H7ClO3S. The Balaban J connectivity index is 2.22. The Bertz CT molecular complexity index is 422. The fourth-order valence-electron chi connectivity index (χ4n) is 1.80. The van der Waals surface area contributed by atoms with Gasteiger partial charge in [0.25, 0.3) is 0 Å². The molecule has 15 heavy (non-hydrogen) atoms. The second kappa shape index (κ2) is 3.87. The Kier molecular flexibility index (Phi) is 2.71. The van der Waals surface area contributed by atoms with Crippen LogP contribution in [0.1, 0.15) is 23.5 Å². The molecule has 2 aliphatic rings. The van der Waals surface area contributed by atoms with Crippen LogP contribution in [0.25, 0.3) is 0 Å². The number of ketones is 1. The summed E-state index contributed by atoms with van der Waals surface area (Å²) in [5, 5.41) is 8.53. The molecule has 3 rings (SSSR count). The van der Waals surface area contributed by atoms with Gasteiger partial charge in [0.2, 0.25) is 0 Å². The van der Waals surface area contributed by atoms with E-state index >= 15 is 0 Å². The summed E-state index contributed by atoms with van der Waals surface area (Å²) in [4.78, 5) is 22.9. The molecule has 0 aliphatic heterocycles. The molecule has 0 radical (unpaired) electrons. The smallest absolute Gasteiger partial charge is 0.310 e. The minimum atomic E-state index is -1.09. The molecule has 0 aromatic heterocycles. The molecule has 5 heteroatoms. The van der Waals surface area contributed by atoms with Crippen molar-refractivity contribution in [2.75, 3.05) is 0 Å². The predicted octanol–water partition coefficient (Wildman–Crippen LogP) is 2.42. The second-order valence-corrected chi connectivity index (χ2v) is 4.34. The number of Topliss-reactive ketones (excluding diaryl/α,β-unsaturated/α-hetero) is 1. The molecule has 78 valence electrons. The van der Waals surface area contributed by atoms with E-state index in [2.05, 4.69) is 0 Å². The van der Waals surface area contributed by atoms with Gasteiger partial charge in [0, 0.05) is 4.90 Å². The average Bonchev–Trinajstić information content (AvgIpc) is 2.18. The van der Waals surface area contributed by atoms with Gasteiger partial charge >= 0.3 is 5.97 Å². The lowest BCUT2D eigenvalue weighted by molar-refractivity contribution is -0.140. The minimum absolute atomic E-state index is 0.275. The first-order valence-corrected chi connectivity index (χ1v) is 5.95. The van der Waals surface area contributed by atoms with Crippen molar-refractivity contribution in [1.82, 2.24) is 0 Å². The van der Waals surface area contributed by atoms with Crippen LogP contribution in [0.5, 0.6) is 0 Å². The lowest BCUT2D eigenvalue weighted by Gasteiger charge is -2.30. The van der Waals surface area contributed by atoms with Crippen LogP contribution in [0.15, 0.2) is 23.1 Å². The van der Waals surface area contributed by atoms with E-state index < -0.39 is 12.4 Å². The van der Waals surface area contributed by atoms with Crippen LogP contribution in [-0.2, 0) is 9.59 Å². The van der Waals surface area contributed by atoms with Crippen LogP contribution >= 0.6 is 21.7 Å². The zero-order valence-electron chi connectivity index (χ0n) is 7.57. The number of aliphatic carboxylic acids is 1. The van der Waals surface area contributed by atoms with Crippen molar-refractivity contribution in [2.24, 2.45) is 0 Å². The molecule has 2 aliphatic carbocycles. The Hall–Kier alpha value is -1.000. The third-order valence-corrected chi connectivity index (χ3v) is 3.51. The summed E-state index contributed by atoms with van der Waals surface area (Å²) >= 11 is 0. The van der Waals surface area contributed by atoms with Gasteiger partial charge in [-0.25, -0.2) is 0 Å². The summed E-state index contributed by atoms with van der Waals surface area (Å²) in [6.45, 7) is 0. The van der Waals surface area contributed by atoms with Crippen LogP contribution in [0.4, 0.5) is 0 Å². The lowest BCUT2D eigenvalue weighted by atomic mass is 9.77. The molecule has 1 aromatic rings. The minimum Gasteiger partial charge on any atom is -0.481 e. The highest BCUT2D eigenvalue weighted by molar-refractivity contribution is 8.21. The van der Waals surface area contributed by atoms with Gasteiger partial charge in [-0.1, -0.05) is 18.2 Å². The maximum Gasteiger partial charge on any atom is 0.310 e. The van der Waals surface area contributed by atoms with Gasteiger partial charge < -0.3 is 5.11 Å². The van der Waals surface area contributed by atoms with Crippen molar-refractivity contribution in [3.63, 3.8) is 0 Å². The molecule has 0 saturated heterocycles. The summed E-state index contributed by atoms with van der Waals surface area (Å²) in [6.07, 6.45) is -0.431. The average molecular weight is 243 g/mol. The monoisotopic (exact) mass is 242 g/mol. The van der Waals surface area contributed by atoms with Crippen LogP contribution < -0.4 is 0 Å². The van der Waals surface area contributed by atoms with Crippen molar-refractivity contribution in [3.05, 3.63) is 29.3 Å². The third kappa shape index (κ3) is 1.64. The summed E-state index contributed by atoms with van der Waals surface area (Å²) < 4.78 is 0. The molecule has 2 bridgehead atoms. The zero-order chi connectivity index (χ0) is 11.0. The van der Waals surface area contributed by atoms with Crippen molar-refractivity contribution in [1.29, 1.82) is 0 Å². The highest BCUT2D eigenvalue weighted by atomic mass is 35.7. The summed E-state index contributed by atoms with van der Waals surface area (Å²) in [6, 6.07) is 5.45. The van der Waals surface area contributed by atoms with Crippen molar-refractivity contribution in [2.45, 2.75) is 17.2 Å². The number of carbonyl (C=O) groups excluding carboxylic acids is 1. The van der Waals surface area contributed by atoms with Gasteiger partial charge in [0.05, 0.1) is 5.92 Å². The molecule has 1 N–H and O–H groups in total. The van der Waals surface area contributed by atoms with E-state index in [-0.39, 0.29) is 11.7 Å². The number of hydrogen-bond donors (Lipinski definition) is 1. The van der Waals surface area contributed by atoms with E-state index in [1.165, 1.54) is 0 Å². The van der Waals surface area contributed by atoms with Crippen LogP contribution in [0.2, 0.25) is 0 Å². The maximum atomic E-state index is 11.6. The molecule has 0 heterocycles. The van der Waals surface area contributed by atoms with Gasteiger partial charge in [-0.2, -0.15) is 0 Å². The van der Waals surface area contributed by atoms with Crippen molar-refractivity contribution >= 4 is 33.4 Å². The van der Waals surface area contributed by atoms with Crippen LogP contribution in [0, 0.1) is 0 Å². The Morgan fingerprint density at radius 3 is 2.47 bits per heavy atom. The normalized spacial score (nSPS) is 13.4. The Labute approximate surface area is 94.9 Å². The lowest BCUT2D eigenvalue weighted by Crippen LogP contribution is -2.25. The Morgan fingerprint density at radius 1 is 1.40 bits per heavy atom. The largest absolute Gasteiger partial charge is 0.481 e. The molecule has 3 nitrogen and oxygen atoms in total. The van der Waals surface area contributed by atoms with E-state index in [0.29, 0.717) is 0 Å². The van der Waals surface area contributed by atoms with E-state index in [0.717, 1.165) is 27.0 Å².